The number of hydrogen-bond acceptors (Lipinski definition) is 8. The number of aliphatic hydroxyl groups is 3. The van der Waals surface area contributed by atoms with E-state index >= 15 is 0 Å². The van der Waals surface area contributed by atoms with Gasteiger partial charge in [0.15, 0.2) is 17.7 Å². The molecule has 9 heteroatoms. The fourth-order valence-electron chi connectivity index (χ4n) is 2.43. The number of imidazole rings is 1. The van der Waals surface area contributed by atoms with Crippen LogP contribution in [0, 0.1) is 0 Å². The summed E-state index contributed by atoms with van der Waals surface area (Å²) in [7, 11) is 0. The minimum absolute atomic E-state index is 0.214. The van der Waals surface area contributed by atoms with Crippen molar-refractivity contribution in [2.24, 2.45) is 0 Å². The van der Waals surface area contributed by atoms with Crippen molar-refractivity contribution >= 4 is 17.0 Å². The smallest absolute Gasteiger partial charge is 0.168 e. The zero-order valence-corrected chi connectivity index (χ0v) is 10.7. The number of anilines is 1. The van der Waals surface area contributed by atoms with Crippen LogP contribution in [0.1, 0.15) is 13.2 Å². The van der Waals surface area contributed by atoms with E-state index in [0.29, 0.717) is 11.2 Å². The minimum atomic E-state index is -1.60. The lowest BCUT2D eigenvalue weighted by Gasteiger charge is -2.27. The summed E-state index contributed by atoms with van der Waals surface area (Å²) in [6, 6.07) is 0. The monoisotopic (exact) mass is 281 g/mol. The molecule has 0 spiro atoms. The van der Waals surface area contributed by atoms with E-state index in [9.17, 15) is 15.3 Å². The van der Waals surface area contributed by atoms with Crippen LogP contribution in [0.15, 0.2) is 12.7 Å². The third kappa shape index (κ3) is 1.68. The van der Waals surface area contributed by atoms with Crippen molar-refractivity contribution < 1.29 is 20.1 Å². The molecule has 0 saturated carbocycles. The molecule has 0 aromatic carbocycles. The van der Waals surface area contributed by atoms with Crippen molar-refractivity contribution in [2.45, 2.75) is 31.0 Å². The van der Waals surface area contributed by atoms with Gasteiger partial charge in [-0.25, -0.2) is 15.0 Å². The Kier molecular flexibility index (Phi) is 2.87. The highest BCUT2D eigenvalue weighted by Crippen LogP contribution is 2.39. The molecule has 1 aliphatic heterocycles. The van der Waals surface area contributed by atoms with Gasteiger partial charge in [0.2, 0.25) is 0 Å². The topological polar surface area (TPSA) is 140 Å². The highest BCUT2D eigenvalue weighted by Gasteiger charge is 2.53. The lowest BCUT2D eigenvalue weighted by atomic mass is 9.96. The SMILES string of the molecule is C[C@]1(O)[C@@H](n2cnc3c(N)ncnc32)O[C@@H](CO)[C@@H]1O. The first-order chi connectivity index (χ1) is 9.46. The average molecular weight is 281 g/mol. The standard InChI is InChI=1S/C11H15N5O4/c1-11(19)7(18)5(2-17)20-10(11)16-4-15-6-8(12)13-3-14-9(6)16/h3-5,7,10,17-19H,2H2,1H3,(H2,12,13,14)/t5-,7-,10-,11+/m0/s1. The third-order valence-electron chi connectivity index (χ3n) is 3.57. The molecule has 3 rings (SSSR count). The average Bonchev–Trinajstić information content (AvgIpc) is 2.92. The zero-order valence-electron chi connectivity index (χ0n) is 10.7. The Balaban J connectivity index is 2.10. The molecule has 0 amide bonds. The van der Waals surface area contributed by atoms with Gasteiger partial charge in [-0.15, -0.1) is 0 Å². The Bertz CT molecular complexity index is 643. The molecule has 1 fully saturated rings. The van der Waals surface area contributed by atoms with Crippen molar-refractivity contribution in [1.29, 1.82) is 0 Å². The number of aromatic nitrogens is 4. The Morgan fingerprint density at radius 1 is 1.45 bits per heavy atom. The summed E-state index contributed by atoms with van der Waals surface area (Å²) in [4.78, 5) is 12.0. The van der Waals surface area contributed by atoms with Gasteiger partial charge in [0, 0.05) is 0 Å². The molecule has 0 unspecified atom stereocenters. The van der Waals surface area contributed by atoms with E-state index in [4.69, 9.17) is 10.5 Å². The molecule has 4 atom stereocenters. The van der Waals surface area contributed by atoms with Crippen LogP contribution in [0.2, 0.25) is 0 Å². The number of hydrogen-bond donors (Lipinski definition) is 4. The van der Waals surface area contributed by atoms with Crippen molar-refractivity contribution in [3.8, 4) is 0 Å². The summed E-state index contributed by atoms with van der Waals surface area (Å²) in [5, 5.41) is 29.6. The number of nitrogens with two attached hydrogens (primary N) is 1. The number of fused-ring (bicyclic) bond motifs is 1. The minimum Gasteiger partial charge on any atom is -0.394 e. The zero-order chi connectivity index (χ0) is 14.5. The summed E-state index contributed by atoms with van der Waals surface area (Å²) in [5.74, 6) is 0.214. The van der Waals surface area contributed by atoms with Gasteiger partial charge in [-0.1, -0.05) is 0 Å². The van der Waals surface area contributed by atoms with Gasteiger partial charge in [0.1, 0.15) is 29.7 Å². The van der Waals surface area contributed by atoms with Crippen LogP contribution in [0.5, 0.6) is 0 Å². The van der Waals surface area contributed by atoms with E-state index in [1.54, 1.807) is 0 Å². The maximum atomic E-state index is 10.4. The first kappa shape index (κ1) is 13.2. The summed E-state index contributed by atoms with van der Waals surface area (Å²) in [6.07, 6.45) is -0.365. The number of ether oxygens (including phenoxy) is 1. The van der Waals surface area contributed by atoms with Crippen molar-refractivity contribution in [2.75, 3.05) is 12.3 Å². The van der Waals surface area contributed by atoms with E-state index in [-0.39, 0.29) is 5.82 Å². The first-order valence-electron chi connectivity index (χ1n) is 6.06. The summed E-state index contributed by atoms with van der Waals surface area (Å²) < 4.78 is 6.97. The van der Waals surface area contributed by atoms with Gasteiger partial charge < -0.3 is 25.8 Å². The van der Waals surface area contributed by atoms with Crippen LogP contribution in [0.4, 0.5) is 5.82 Å². The Morgan fingerprint density at radius 3 is 2.85 bits per heavy atom. The van der Waals surface area contributed by atoms with Gasteiger partial charge in [0.05, 0.1) is 12.9 Å². The van der Waals surface area contributed by atoms with Crippen LogP contribution in [-0.4, -0.2) is 59.3 Å². The normalized spacial score (nSPS) is 33.9. The predicted molar refractivity (Wildman–Crippen MR) is 67.4 cm³/mol. The number of nitrogens with zero attached hydrogens (tertiary/aromatic N) is 4. The van der Waals surface area contributed by atoms with Crippen LogP contribution in [0.3, 0.4) is 0 Å². The second-order valence-corrected chi connectivity index (χ2v) is 4.96. The summed E-state index contributed by atoms with van der Waals surface area (Å²) in [5.41, 5.74) is 4.87. The highest BCUT2D eigenvalue weighted by molar-refractivity contribution is 5.81. The molecule has 5 N–H and O–H groups in total. The molecule has 20 heavy (non-hydrogen) atoms. The maximum absolute atomic E-state index is 10.4. The fraction of sp³-hybridized carbons (Fsp3) is 0.545. The molecule has 2 aromatic rings. The van der Waals surface area contributed by atoms with Gasteiger partial charge in [0.25, 0.3) is 0 Å². The maximum Gasteiger partial charge on any atom is 0.168 e. The van der Waals surface area contributed by atoms with Gasteiger partial charge in [-0.3, -0.25) is 4.57 Å². The fourth-order valence-corrected chi connectivity index (χ4v) is 2.43. The molecular weight excluding hydrogens is 266 g/mol. The van der Waals surface area contributed by atoms with Gasteiger partial charge in [-0.05, 0) is 6.92 Å². The number of aliphatic hydroxyl groups excluding tert-OH is 2. The molecule has 108 valence electrons. The van der Waals surface area contributed by atoms with Crippen molar-refractivity contribution in [3.05, 3.63) is 12.7 Å². The first-order valence-corrected chi connectivity index (χ1v) is 6.06. The van der Waals surface area contributed by atoms with Gasteiger partial charge in [-0.2, -0.15) is 0 Å². The van der Waals surface area contributed by atoms with Crippen LogP contribution in [-0.2, 0) is 4.74 Å². The molecule has 9 nitrogen and oxygen atoms in total. The molecule has 1 aliphatic rings. The van der Waals surface area contributed by atoms with Crippen molar-refractivity contribution in [1.82, 2.24) is 19.5 Å². The van der Waals surface area contributed by atoms with E-state index < -0.39 is 30.6 Å². The molecule has 2 aromatic heterocycles. The predicted octanol–water partition coefficient (Wildman–Crippen LogP) is -1.59. The third-order valence-corrected chi connectivity index (χ3v) is 3.57. The lowest BCUT2D eigenvalue weighted by Crippen LogP contribution is -2.44. The second kappa shape index (κ2) is 4.35. The van der Waals surface area contributed by atoms with E-state index in [1.807, 2.05) is 0 Å². The molecule has 1 saturated heterocycles. The lowest BCUT2D eigenvalue weighted by molar-refractivity contribution is -0.0950. The van der Waals surface area contributed by atoms with Gasteiger partial charge >= 0.3 is 0 Å². The Hall–Kier alpha value is -1.81. The number of rotatable bonds is 2. The summed E-state index contributed by atoms with van der Waals surface area (Å²) >= 11 is 0. The summed E-state index contributed by atoms with van der Waals surface area (Å²) in [6.45, 7) is 1.02. The molecule has 0 aliphatic carbocycles. The number of nitrogen functional groups attached to an aromatic ring is 1. The Morgan fingerprint density at radius 2 is 2.20 bits per heavy atom. The molecule has 0 bridgehead atoms. The largest absolute Gasteiger partial charge is 0.394 e. The molecular formula is C11H15N5O4. The molecule has 0 radical (unpaired) electrons. The van der Waals surface area contributed by atoms with E-state index in [1.165, 1.54) is 24.1 Å². The van der Waals surface area contributed by atoms with Crippen LogP contribution >= 0.6 is 0 Å². The van der Waals surface area contributed by atoms with Crippen LogP contribution in [0.25, 0.3) is 11.2 Å². The second-order valence-electron chi connectivity index (χ2n) is 4.96. The molecule has 3 heterocycles. The quantitative estimate of drug-likeness (QED) is 0.516. The van der Waals surface area contributed by atoms with E-state index in [2.05, 4.69) is 15.0 Å². The Labute approximate surface area is 113 Å². The van der Waals surface area contributed by atoms with Crippen LogP contribution < -0.4 is 5.73 Å². The van der Waals surface area contributed by atoms with Crippen molar-refractivity contribution in [3.63, 3.8) is 0 Å². The highest BCUT2D eigenvalue weighted by atomic mass is 16.6. The van der Waals surface area contributed by atoms with E-state index in [0.717, 1.165) is 0 Å².